The van der Waals surface area contributed by atoms with E-state index in [1.54, 1.807) is 0 Å². The van der Waals surface area contributed by atoms with Gasteiger partial charge >= 0.3 is 0 Å². The van der Waals surface area contributed by atoms with E-state index in [1.165, 1.54) is 17.5 Å². The van der Waals surface area contributed by atoms with Crippen LogP contribution in [0.25, 0.3) is 0 Å². The fraction of sp³-hybridized carbons (Fsp3) is 0.391. The number of carbonyl (C=O) groups is 2. The van der Waals surface area contributed by atoms with Crippen molar-refractivity contribution in [3.63, 3.8) is 0 Å². The van der Waals surface area contributed by atoms with Gasteiger partial charge in [-0.05, 0) is 74.0 Å². The van der Waals surface area contributed by atoms with Crippen molar-refractivity contribution in [1.82, 2.24) is 4.90 Å². The van der Waals surface area contributed by atoms with Crippen LogP contribution >= 0.6 is 0 Å². The third-order valence-electron chi connectivity index (χ3n) is 5.08. The lowest BCUT2D eigenvalue weighted by molar-refractivity contribution is -0.120. The SMILES string of the molecule is CCCN(CC(=O)Nc1ccc2c(c1)CCC2)CC(=O)Nc1ccccc1C. The second kappa shape index (κ2) is 9.51. The predicted molar refractivity (Wildman–Crippen MR) is 114 cm³/mol. The van der Waals surface area contributed by atoms with Crippen LogP contribution < -0.4 is 10.6 Å². The van der Waals surface area contributed by atoms with Gasteiger partial charge in [-0.2, -0.15) is 0 Å². The second-order valence-electron chi connectivity index (χ2n) is 7.46. The zero-order valence-electron chi connectivity index (χ0n) is 16.8. The van der Waals surface area contributed by atoms with E-state index >= 15 is 0 Å². The molecule has 0 aliphatic heterocycles. The molecule has 2 amide bonds. The highest BCUT2D eigenvalue weighted by Gasteiger charge is 2.16. The number of hydrogen-bond donors (Lipinski definition) is 2. The normalized spacial score (nSPS) is 12.7. The van der Waals surface area contributed by atoms with Gasteiger partial charge in [0.1, 0.15) is 0 Å². The van der Waals surface area contributed by atoms with Crippen LogP contribution in [-0.4, -0.2) is 36.3 Å². The van der Waals surface area contributed by atoms with Crippen LogP contribution in [0, 0.1) is 6.92 Å². The molecule has 2 aromatic carbocycles. The number of carbonyl (C=O) groups excluding carboxylic acids is 2. The van der Waals surface area contributed by atoms with Gasteiger partial charge in [0, 0.05) is 11.4 Å². The molecule has 1 aliphatic rings. The van der Waals surface area contributed by atoms with E-state index in [0.29, 0.717) is 6.54 Å². The summed E-state index contributed by atoms with van der Waals surface area (Å²) in [4.78, 5) is 26.8. The second-order valence-corrected chi connectivity index (χ2v) is 7.46. The summed E-state index contributed by atoms with van der Waals surface area (Å²) in [5, 5.41) is 5.92. The number of hydrogen-bond acceptors (Lipinski definition) is 3. The molecule has 0 heterocycles. The first-order valence-electron chi connectivity index (χ1n) is 10.0. The Kier molecular flexibility index (Phi) is 6.82. The summed E-state index contributed by atoms with van der Waals surface area (Å²) in [6, 6.07) is 13.8. The molecule has 2 aromatic rings. The Balaban J connectivity index is 1.55. The number of amides is 2. The summed E-state index contributed by atoms with van der Waals surface area (Å²) in [5.41, 5.74) is 5.39. The highest BCUT2D eigenvalue weighted by Crippen LogP contribution is 2.24. The van der Waals surface area contributed by atoms with E-state index in [2.05, 4.69) is 22.8 Å². The van der Waals surface area contributed by atoms with Crippen molar-refractivity contribution in [2.75, 3.05) is 30.3 Å². The predicted octanol–water partition coefficient (Wildman–Crippen LogP) is 3.77. The highest BCUT2D eigenvalue weighted by atomic mass is 16.2. The van der Waals surface area contributed by atoms with E-state index in [0.717, 1.165) is 36.2 Å². The molecule has 0 saturated heterocycles. The fourth-order valence-electron chi connectivity index (χ4n) is 3.69. The summed E-state index contributed by atoms with van der Waals surface area (Å²) in [7, 11) is 0. The number of benzene rings is 2. The Hall–Kier alpha value is -2.66. The zero-order chi connectivity index (χ0) is 19.9. The number of aryl methyl sites for hydroxylation is 3. The lowest BCUT2D eigenvalue weighted by atomic mass is 10.1. The van der Waals surface area contributed by atoms with Gasteiger partial charge in [0.05, 0.1) is 13.1 Å². The van der Waals surface area contributed by atoms with Gasteiger partial charge in [-0.15, -0.1) is 0 Å². The van der Waals surface area contributed by atoms with Crippen LogP contribution in [0.15, 0.2) is 42.5 Å². The molecule has 1 aliphatic carbocycles. The molecule has 0 aromatic heterocycles. The standard InChI is InChI=1S/C23H29N3O2/c1-3-13-26(16-23(28)25-21-10-5-4-7-17(21)2)15-22(27)24-20-12-11-18-8-6-9-19(18)14-20/h4-5,7,10-12,14H,3,6,8-9,13,15-16H2,1-2H3,(H,24,27)(H,25,28). The number of anilines is 2. The Bertz CT molecular complexity index is 847. The number of fused-ring (bicyclic) bond motifs is 1. The molecule has 0 atom stereocenters. The lowest BCUT2D eigenvalue weighted by Gasteiger charge is -2.21. The van der Waals surface area contributed by atoms with Gasteiger partial charge in [0.15, 0.2) is 0 Å². The maximum atomic E-state index is 12.5. The van der Waals surface area contributed by atoms with Crippen molar-refractivity contribution < 1.29 is 9.59 Å². The number of rotatable bonds is 8. The first-order chi connectivity index (χ1) is 13.5. The van der Waals surface area contributed by atoms with E-state index in [-0.39, 0.29) is 24.9 Å². The van der Waals surface area contributed by atoms with Crippen molar-refractivity contribution in [2.24, 2.45) is 0 Å². The smallest absolute Gasteiger partial charge is 0.238 e. The van der Waals surface area contributed by atoms with Crippen LogP contribution in [0.3, 0.4) is 0 Å². The van der Waals surface area contributed by atoms with Gasteiger partial charge in [-0.1, -0.05) is 31.2 Å². The van der Waals surface area contributed by atoms with Crippen molar-refractivity contribution in [3.05, 3.63) is 59.2 Å². The average molecular weight is 380 g/mol. The fourth-order valence-corrected chi connectivity index (χ4v) is 3.69. The third kappa shape index (κ3) is 5.42. The van der Waals surface area contributed by atoms with Crippen molar-refractivity contribution in [1.29, 1.82) is 0 Å². The molecule has 2 N–H and O–H groups in total. The summed E-state index contributed by atoms with van der Waals surface area (Å²) in [6.07, 6.45) is 4.28. The molecule has 3 rings (SSSR count). The van der Waals surface area contributed by atoms with Gasteiger partial charge in [-0.3, -0.25) is 14.5 Å². The van der Waals surface area contributed by atoms with Gasteiger partial charge in [-0.25, -0.2) is 0 Å². The van der Waals surface area contributed by atoms with Crippen molar-refractivity contribution in [2.45, 2.75) is 39.5 Å². The molecule has 148 valence electrons. The van der Waals surface area contributed by atoms with Gasteiger partial charge < -0.3 is 10.6 Å². The largest absolute Gasteiger partial charge is 0.325 e. The van der Waals surface area contributed by atoms with Crippen LogP contribution in [0.1, 0.15) is 36.5 Å². The molecule has 5 nitrogen and oxygen atoms in total. The lowest BCUT2D eigenvalue weighted by Crippen LogP contribution is -2.39. The number of nitrogens with one attached hydrogen (secondary N) is 2. The minimum absolute atomic E-state index is 0.0879. The summed E-state index contributed by atoms with van der Waals surface area (Å²) < 4.78 is 0. The number of nitrogens with zero attached hydrogens (tertiary/aromatic N) is 1. The average Bonchev–Trinajstić information content (AvgIpc) is 3.11. The molecule has 28 heavy (non-hydrogen) atoms. The summed E-state index contributed by atoms with van der Waals surface area (Å²) in [5.74, 6) is -0.192. The van der Waals surface area contributed by atoms with Crippen molar-refractivity contribution in [3.8, 4) is 0 Å². The Morgan fingerprint density at radius 2 is 1.68 bits per heavy atom. The van der Waals surface area contributed by atoms with Gasteiger partial charge in [0.25, 0.3) is 0 Å². The van der Waals surface area contributed by atoms with Crippen LogP contribution in [0.4, 0.5) is 11.4 Å². The molecular weight excluding hydrogens is 350 g/mol. The molecule has 0 unspecified atom stereocenters. The molecular formula is C23H29N3O2. The maximum absolute atomic E-state index is 12.5. The van der Waals surface area contributed by atoms with E-state index in [1.807, 2.05) is 49.1 Å². The zero-order valence-corrected chi connectivity index (χ0v) is 16.8. The first kappa shape index (κ1) is 20.1. The topological polar surface area (TPSA) is 61.4 Å². The minimum atomic E-state index is -0.104. The Labute approximate surface area is 167 Å². The van der Waals surface area contributed by atoms with E-state index in [4.69, 9.17) is 0 Å². The maximum Gasteiger partial charge on any atom is 0.238 e. The molecule has 0 saturated carbocycles. The monoisotopic (exact) mass is 379 g/mol. The Morgan fingerprint density at radius 3 is 2.43 bits per heavy atom. The van der Waals surface area contributed by atoms with Crippen LogP contribution in [0.2, 0.25) is 0 Å². The van der Waals surface area contributed by atoms with Gasteiger partial charge in [0.2, 0.25) is 11.8 Å². The third-order valence-corrected chi connectivity index (χ3v) is 5.08. The first-order valence-corrected chi connectivity index (χ1v) is 10.0. The molecule has 0 bridgehead atoms. The van der Waals surface area contributed by atoms with Crippen LogP contribution in [0.5, 0.6) is 0 Å². The summed E-state index contributed by atoms with van der Waals surface area (Å²) >= 11 is 0. The number of para-hydroxylation sites is 1. The molecule has 0 fully saturated rings. The summed E-state index contributed by atoms with van der Waals surface area (Å²) in [6.45, 7) is 5.10. The van der Waals surface area contributed by atoms with E-state index in [9.17, 15) is 9.59 Å². The molecule has 0 spiro atoms. The molecule has 5 heteroatoms. The minimum Gasteiger partial charge on any atom is -0.325 e. The molecule has 0 radical (unpaired) electrons. The Morgan fingerprint density at radius 1 is 0.964 bits per heavy atom. The van der Waals surface area contributed by atoms with Crippen molar-refractivity contribution >= 4 is 23.2 Å². The van der Waals surface area contributed by atoms with Crippen LogP contribution in [-0.2, 0) is 22.4 Å². The van der Waals surface area contributed by atoms with E-state index < -0.39 is 0 Å². The quantitative estimate of drug-likeness (QED) is 0.734. The highest BCUT2D eigenvalue weighted by molar-refractivity contribution is 5.95.